The molecule has 0 saturated heterocycles. The lowest BCUT2D eigenvalue weighted by atomic mass is 10.2. The Morgan fingerprint density at radius 1 is 1.45 bits per heavy atom. The molecule has 0 N–H and O–H groups in total. The minimum atomic E-state index is -0.812. The molecule has 0 atom stereocenters. The van der Waals surface area contributed by atoms with Crippen LogP contribution >= 0.6 is 15.9 Å². The lowest BCUT2D eigenvalue weighted by Gasteiger charge is -2.15. The van der Waals surface area contributed by atoms with Crippen LogP contribution < -0.4 is 0 Å². The topological polar surface area (TPSA) is 59.2 Å². The summed E-state index contributed by atoms with van der Waals surface area (Å²) in [6.45, 7) is 1.64. The van der Waals surface area contributed by atoms with Gasteiger partial charge in [0.2, 0.25) is 5.89 Å². The summed E-state index contributed by atoms with van der Waals surface area (Å²) in [6.07, 6.45) is 0. The van der Waals surface area contributed by atoms with E-state index in [-0.39, 0.29) is 22.4 Å². The fourth-order valence-corrected chi connectivity index (χ4v) is 2.04. The van der Waals surface area contributed by atoms with E-state index in [1.165, 1.54) is 11.9 Å². The molecule has 1 heterocycles. The minimum Gasteiger partial charge on any atom is -0.340 e. The van der Waals surface area contributed by atoms with Crippen molar-refractivity contribution in [3.05, 3.63) is 45.5 Å². The van der Waals surface area contributed by atoms with Crippen molar-refractivity contribution in [1.82, 2.24) is 15.0 Å². The molecule has 0 aliphatic rings. The molecule has 0 radical (unpaired) electrons. The van der Waals surface area contributed by atoms with Crippen LogP contribution in [0.15, 0.2) is 21.1 Å². The first-order valence-corrected chi connectivity index (χ1v) is 6.37. The van der Waals surface area contributed by atoms with E-state index in [2.05, 4.69) is 26.1 Å². The molecule has 1 amide bonds. The fourth-order valence-electron chi connectivity index (χ4n) is 1.61. The van der Waals surface area contributed by atoms with Crippen LogP contribution in [0.4, 0.5) is 8.78 Å². The number of carbonyl (C=O) groups excluding carboxylic acids is 1. The first-order chi connectivity index (χ1) is 9.38. The van der Waals surface area contributed by atoms with Gasteiger partial charge in [-0.3, -0.25) is 4.79 Å². The first kappa shape index (κ1) is 14.6. The van der Waals surface area contributed by atoms with Gasteiger partial charge in [-0.15, -0.1) is 0 Å². The number of hydrogen-bond donors (Lipinski definition) is 0. The van der Waals surface area contributed by atoms with Crippen LogP contribution in [0.5, 0.6) is 0 Å². The van der Waals surface area contributed by atoms with Crippen LogP contribution in [0.25, 0.3) is 0 Å². The number of aromatic nitrogens is 2. The molecule has 106 valence electrons. The number of hydrogen-bond acceptors (Lipinski definition) is 4. The summed E-state index contributed by atoms with van der Waals surface area (Å²) in [6, 6.07) is 1.80. The summed E-state index contributed by atoms with van der Waals surface area (Å²) in [5.74, 6) is -1.54. The number of rotatable bonds is 3. The Bertz CT molecular complexity index is 660. The van der Waals surface area contributed by atoms with E-state index in [9.17, 15) is 13.6 Å². The molecule has 8 heteroatoms. The van der Waals surface area contributed by atoms with Gasteiger partial charge in [0.15, 0.2) is 5.82 Å². The molecule has 0 saturated carbocycles. The predicted octanol–water partition coefficient (Wildman–Crippen LogP) is 2.69. The highest BCUT2D eigenvalue weighted by Gasteiger charge is 2.21. The second-order valence-corrected chi connectivity index (χ2v) is 4.99. The van der Waals surface area contributed by atoms with E-state index < -0.39 is 17.5 Å². The lowest BCUT2D eigenvalue weighted by Crippen LogP contribution is -2.27. The summed E-state index contributed by atoms with van der Waals surface area (Å²) in [5, 5.41) is 3.63. The van der Waals surface area contributed by atoms with Gasteiger partial charge in [0, 0.05) is 14.0 Å². The number of benzene rings is 1. The maximum atomic E-state index is 13.8. The zero-order valence-corrected chi connectivity index (χ0v) is 12.2. The normalized spacial score (nSPS) is 10.7. The molecule has 2 rings (SSSR count). The Morgan fingerprint density at radius 3 is 2.75 bits per heavy atom. The molecule has 2 aromatic rings. The van der Waals surface area contributed by atoms with Crippen LogP contribution in [-0.2, 0) is 6.54 Å². The second kappa shape index (κ2) is 5.66. The Labute approximate surface area is 121 Å². The van der Waals surface area contributed by atoms with Gasteiger partial charge >= 0.3 is 0 Å². The number of amides is 1. The number of halogens is 3. The van der Waals surface area contributed by atoms with Crippen LogP contribution in [0.1, 0.15) is 22.1 Å². The van der Waals surface area contributed by atoms with E-state index in [4.69, 9.17) is 4.52 Å². The van der Waals surface area contributed by atoms with Gasteiger partial charge in [-0.25, -0.2) is 8.78 Å². The zero-order chi connectivity index (χ0) is 14.9. The minimum absolute atomic E-state index is 0.0315. The van der Waals surface area contributed by atoms with E-state index in [0.717, 1.165) is 12.1 Å². The van der Waals surface area contributed by atoms with Crippen molar-refractivity contribution in [2.45, 2.75) is 13.5 Å². The first-order valence-electron chi connectivity index (χ1n) is 5.57. The van der Waals surface area contributed by atoms with Crippen LogP contribution in [0.3, 0.4) is 0 Å². The van der Waals surface area contributed by atoms with Gasteiger partial charge in [0.25, 0.3) is 5.91 Å². The van der Waals surface area contributed by atoms with Crippen molar-refractivity contribution in [1.29, 1.82) is 0 Å². The van der Waals surface area contributed by atoms with Crippen molar-refractivity contribution < 1.29 is 18.1 Å². The third kappa shape index (κ3) is 3.01. The van der Waals surface area contributed by atoms with Gasteiger partial charge in [-0.05, 0) is 28.1 Å². The Hall–Kier alpha value is -1.83. The van der Waals surface area contributed by atoms with Gasteiger partial charge in [0.05, 0.1) is 16.6 Å². The highest BCUT2D eigenvalue weighted by molar-refractivity contribution is 9.10. The van der Waals surface area contributed by atoms with Crippen LogP contribution in [-0.4, -0.2) is 28.0 Å². The van der Waals surface area contributed by atoms with E-state index in [1.54, 1.807) is 6.92 Å². The van der Waals surface area contributed by atoms with E-state index >= 15 is 0 Å². The summed E-state index contributed by atoms with van der Waals surface area (Å²) >= 11 is 2.86. The quantitative estimate of drug-likeness (QED) is 0.802. The van der Waals surface area contributed by atoms with Gasteiger partial charge in [0.1, 0.15) is 11.6 Å². The van der Waals surface area contributed by atoms with Gasteiger partial charge in [-0.1, -0.05) is 5.16 Å². The van der Waals surface area contributed by atoms with Crippen molar-refractivity contribution in [3.63, 3.8) is 0 Å². The van der Waals surface area contributed by atoms with E-state index in [1.807, 2.05) is 0 Å². The highest BCUT2D eigenvalue weighted by Crippen LogP contribution is 2.22. The third-order valence-corrected chi connectivity index (χ3v) is 3.10. The average Bonchev–Trinajstić information content (AvgIpc) is 2.78. The molecule has 1 aromatic carbocycles. The van der Waals surface area contributed by atoms with Gasteiger partial charge < -0.3 is 9.42 Å². The van der Waals surface area contributed by atoms with Crippen LogP contribution in [0, 0.1) is 18.6 Å². The Morgan fingerprint density at radius 2 is 2.15 bits per heavy atom. The summed E-state index contributed by atoms with van der Waals surface area (Å²) in [4.78, 5) is 17.2. The molecule has 20 heavy (non-hydrogen) atoms. The summed E-state index contributed by atoms with van der Waals surface area (Å²) in [7, 11) is 1.44. The molecular weight excluding hydrogens is 336 g/mol. The standard InChI is InChI=1S/C12H10BrF2N3O2/c1-6-16-10(17-20-6)5-18(2)12(19)8-3-7(14)4-9(13)11(8)15/h3-4H,5H2,1-2H3. The third-order valence-electron chi connectivity index (χ3n) is 2.52. The molecule has 0 aliphatic heterocycles. The smallest absolute Gasteiger partial charge is 0.257 e. The summed E-state index contributed by atoms with van der Waals surface area (Å²) in [5.41, 5.74) is -0.361. The number of aryl methyl sites for hydroxylation is 1. The molecule has 1 aromatic heterocycles. The largest absolute Gasteiger partial charge is 0.340 e. The lowest BCUT2D eigenvalue weighted by molar-refractivity contribution is 0.0775. The monoisotopic (exact) mass is 345 g/mol. The molecule has 0 fully saturated rings. The van der Waals surface area contributed by atoms with Crippen molar-refractivity contribution >= 4 is 21.8 Å². The predicted molar refractivity (Wildman–Crippen MR) is 68.9 cm³/mol. The molecule has 0 spiro atoms. The highest BCUT2D eigenvalue weighted by atomic mass is 79.9. The van der Waals surface area contributed by atoms with Crippen molar-refractivity contribution in [3.8, 4) is 0 Å². The number of nitrogens with zero attached hydrogens (tertiary/aromatic N) is 3. The molecule has 0 aliphatic carbocycles. The maximum Gasteiger partial charge on any atom is 0.257 e. The van der Waals surface area contributed by atoms with Crippen molar-refractivity contribution in [2.24, 2.45) is 0 Å². The average molecular weight is 346 g/mol. The molecule has 0 bridgehead atoms. The number of carbonyl (C=O) groups is 1. The maximum absolute atomic E-state index is 13.8. The zero-order valence-electron chi connectivity index (χ0n) is 10.7. The molecule has 0 unspecified atom stereocenters. The van der Waals surface area contributed by atoms with E-state index in [0.29, 0.717) is 5.89 Å². The van der Waals surface area contributed by atoms with Crippen molar-refractivity contribution in [2.75, 3.05) is 7.05 Å². The van der Waals surface area contributed by atoms with Crippen LogP contribution in [0.2, 0.25) is 0 Å². The molecular formula is C12H10BrF2N3O2. The second-order valence-electron chi connectivity index (χ2n) is 4.14. The fraction of sp³-hybridized carbons (Fsp3) is 0.250. The van der Waals surface area contributed by atoms with Gasteiger partial charge in [-0.2, -0.15) is 4.98 Å². The summed E-state index contributed by atoms with van der Waals surface area (Å²) < 4.78 is 31.7. The molecule has 5 nitrogen and oxygen atoms in total. The SMILES string of the molecule is Cc1nc(CN(C)C(=O)c2cc(F)cc(Br)c2F)no1. The Kier molecular flexibility index (Phi) is 4.12. The Balaban J connectivity index is 2.22.